The molecule has 2 atom stereocenters. The fraction of sp³-hybridized carbons (Fsp3) is 0.462. The van der Waals surface area contributed by atoms with Crippen LogP contribution in [0.15, 0.2) is 30.3 Å². The summed E-state index contributed by atoms with van der Waals surface area (Å²) in [7, 11) is -2.83. The van der Waals surface area contributed by atoms with Crippen molar-refractivity contribution in [3.05, 3.63) is 35.9 Å². The second-order valence-electron chi connectivity index (χ2n) is 4.26. The lowest BCUT2D eigenvalue weighted by atomic mass is 9.92. The Morgan fingerprint density at radius 3 is 2.33 bits per heavy atom. The maximum atomic E-state index is 11.6. The summed E-state index contributed by atoms with van der Waals surface area (Å²) in [4.78, 5) is 21.0. The van der Waals surface area contributed by atoms with Crippen LogP contribution in [0.4, 0.5) is 0 Å². The third-order valence-electron chi connectivity index (χ3n) is 3.07. The molecule has 2 N–H and O–H groups in total. The first-order valence-corrected chi connectivity index (χ1v) is 7.22. The predicted molar refractivity (Wildman–Crippen MR) is 69.7 cm³/mol. The maximum absolute atomic E-state index is 11.6. The number of carboxylic acid groups (broad SMARTS) is 1. The van der Waals surface area contributed by atoms with E-state index >= 15 is 0 Å². The Labute approximate surface area is 108 Å². The van der Waals surface area contributed by atoms with Gasteiger partial charge in [0.1, 0.15) is 0 Å². The summed E-state index contributed by atoms with van der Waals surface area (Å²) in [5, 5.41) is 7.73. The summed E-state index contributed by atoms with van der Waals surface area (Å²) in [5.41, 5.74) is 0.400. The molecule has 0 aliphatic heterocycles. The Morgan fingerprint density at radius 1 is 1.28 bits per heavy atom. The lowest BCUT2D eigenvalue weighted by Crippen LogP contribution is -2.32. The predicted octanol–water partition coefficient (Wildman–Crippen LogP) is 3.28. The van der Waals surface area contributed by atoms with Crippen molar-refractivity contribution in [2.75, 3.05) is 0 Å². The van der Waals surface area contributed by atoms with Gasteiger partial charge in [0, 0.05) is 12.0 Å². The van der Waals surface area contributed by atoms with E-state index in [-0.39, 0.29) is 6.42 Å². The first-order chi connectivity index (χ1) is 8.55. The molecule has 0 saturated carbocycles. The lowest BCUT2D eigenvalue weighted by Gasteiger charge is -2.17. The molecular weight excluding hydrogens is 251 g/mol. The van der Waals surface area contributed by atoms with Gasteiger partial charge in [0.25, 0.3) is 0 Å². The Balaban J connectivity index is 3.14. The van der Waals surface area contributed by atoms with Gasteiger partial charge in [-0.3, -0.25) is 0 Å². The molecule has 0 aliphatic carbocycles. The molecule has 1 aromatic rings. The highest BCUT2D eigenvalue weighted by Crippen LogP contribution is 2.48. The molecule has 98 valence electrons. The molecule has 1 rings (SSSR count). The minimum Gasteiger partial charge on any atom is -0.477 e. The Hall–Kier alpha value is -1.25. The molecule has 0 fully saturated rings. The lowest BCUT2D eigenvalue weighted by molar-refractivity contribution is -0.140. The zero-order valence-electron chi connectivity index (χ0n) is 10.4. The number of carboxylic acids is 1. The van der Waals surface area contributed by atoms with E-state index in [2.05, 4.69) is 0 Å². The van der Waals surface area contributed by atoms with Gasteiger partial charge in [-0.2, -0.15) is 4.89 Å². The Kier molecular flexibility index (Phi) is 5.45. The van der Waals surface area contributed by atoms with E-state index in [0.29, 0.717) is 12.0 Å². The molecule has 0 radical (unpaired) electrons. The largest absolute Gasteiger partial charge is 0.528 e. The molecule has 0 aliphatic rings. The van der Waals surface area contributed by atoms with Crippen LogP contribution in [-0.2, 0) is 14.5 Å². The van der Waals surface area contributed by atoms with Crippen molar-refractivity contribution in [2.24, 2.45) is 0 Å². The quantitative estimate of drug-likeness (QED) is 0.588. The Morgan fingerprint density at radius 2 is 1.89 bits per heavy atom. The minimum atomic E-state index is -2.83. The van der Waals surface area contributed by atoms with Crippen molar-refractivity contribution in [3.63, 3.8) is 0 Å². The second kappa shape index (κ2) is 6.62. The van der Waals surface area contributed by atoms with Crippen molar-refractivity contribution in [3.8, 4) is 0 Å². The van der Waals surface area contributed by atoms with E-state index in [1.54, 1.807) is 30.3 Å². The normalized spacial score (nSPS) is 14.9. The van der Waals surface area contributed by atoms with Gasteiger partial charge in [0.15, 0.2) is 0 Å². The molecule has 0 heterocycles. The molecule has 0 amide bonds. The standard InChI is InChI=1S/C13H17O4P/c1-2-3-7-10-13(12(14)15,18(16)17)11-8-5-4-6-9-11/h4-6,8-9H,2-3,7,10H2,1H3,(H-,14,15,16,17)/p+1. The van der Waals surface area contributed by atoms with Crippen LogP contribution >= 0.6 is 8.03 Å². The Bertz CT molecular complexity index is 402. The van der Waals surface area contributed by atoms with Gasteiger partial charge in [-0.05, 0) is 11.0 Å². The number of hydrogen-bond donors (Lipinski definition) is 2. The summed E-state index contributed by atoms with van der Waals surface area (Å²) >= 11 is 0. The van der Waals surface area contributed by atoms with E-state index < -0.39 is 19.2 Å². The molecule has 18 heavy (non-hydrogen) atoms. The average molecular weight is 269 g/mol. The minimum absolute atomic E-state index is 0.186. The summed E-state index contributed by atoms with van der Waals surface area (Å²) in [6.07, 6.45) is 2.60. The molecule has 0 saturated heterocycles. The molecule has 0 aromatic heterocycles. The number of hydrogen-bond acceptors (Lipinski definition) is 2. The monoisotopic (exact) mass is 269 g/mol. The first kappa shape index (κ1) is 14.8. The van der Waals surface area contributed by atoms with Crippen molar-refractivity contribution in [2.45, 2.75) is 37.8 Å². The van der Waals surface area contributed by atoms with Gasteiger partial charge in [0.05, 0.1) is 0 Å². The third kappa shape index (κ3) is 2.95. The van der Waals surface area contributed by atoms with Crippen LogP contribution in [0.3, 0.4) is 0 Å². The van der Waals surface area contributed by atoms with Crippen molar-refractivity contribution in [1.82, 2.24) is 0 Å². The summed E-state index contributed by atoms with van der Waals surface area (Å²) in [6, 6.07) is 8.33. The smallest absolute Gasteiger partial charge is 0.477 e. The summed E-state index contributed by atoms with van der Waals surface area (Å²) in [5.74, 6) is -1.23. The number of benzene rings is 1. The molecular formula is C13H18O4P+. The molecule has 0 spiro atoms. The SMILES string of the molecule is CCCCCC(C(=O)O)(c1ccccc1)[P+](=O)O. The van der Waals surface area contributed by atoms with E-state index in [0.717, 1.165) is 12.8 Å². The molecule has 1 aromatic carbocycles. The van der Waals surface area contributed by atoms with Gasteiger partial charge in [-0.15, -0.1) is 0 Å². The van der Waals surface area contributed by atoms with E-state index in [1.807, 2.05) is 6.92 Å². The zero-order chi connectivity index (χ0) is 13.6. The van der Waals surface area contributed by atoms with Crippen LogP contribution in [0.5, 0.6) is 0 Å². The maximum Gasteiger partial charge on any atom is 0.528 e. The number of rotatable bonds is 7. The molecule has 0 bridgehead atoms. The zero-order valence-corrected chi connectivity index (χ0v) is 11.3. The van der Waals surface area contributed by atoms with Crippen LogP contribution in [0.2, 0.25) is 0 Å². The van der Waals surface area contributed by atoms with Crippen LogP contribution in [-0.4, -0.2) is 16.0 Å². The molecule has 5 heteroatoms. The van der Waals surface area contributed by atoms with Gasteiger partial charge >= 0.3 is 19.2 Å². The topological polar surface area (TPSA) is 74.6 Å². The van der Waals surface area contributed by atoms with Crippen LogP contribution in [0.25, 0.3) is 0 Å². The van der Waals surface area contributed by atoms with E-state index in [4.69, 9.17) is 0 Å². The highest BCUT2D eigenvalue weighted by Gasteiger charge is 2.57. The number of carbonyl (C=O) groups is 1. The highest BCUT2D eigenvalue weighted by atomic mass is 31.1. The molecule has 4 nitrogen and oxygen atoms in total. The van der Waals surface area contributed by atoms with E-state index in [9.17, 15) is 19.4 Å². The summed E-state index contributed by atoms with van der Waals surface area (Å²) < 4.78 is 11.6. The van der Waals surface area contributed by atoms with Crippen LogP contribution in [0.1, 0.15) is 38.2 Å². The van der Waals surface area contributed by atoms with Gasteiger partial charge in [-0.1, -0.05) is 50.1 Å². The highest BCUT2D eigenvalue weighted by molar-refractivity contribution is 7.41. The van der Waals surface area contributed by atoms with Crippen LogP contribution < -0.4 is 0 Å². The van der Waals surface area contributed by atoms with Crippen LogP contribution in [0, 0.1) is 0 Å². The van der Waals surface area contributed by atoms with Crippen molar-refractivity contribution >= 4 is 14.0 Å². The van der Waals surface area contributed by atoms with Gasteiger partial charge < -0.3 is 5.11 Å². The fourth-order valence-electron chi connectivity index (χ4n) is 2.01. The fourth-order valence-corrected chi connectivity index (χ4v) is 2.89. The average Bonchev–Trinajstić information content (AvgIpc) is 2.35. The van der Waals surface area contributed by atoms with Gasteiger partial charge in [-0.25, -0.2) is 4.79 Å². The third-order valence-corrected chi connectivity index (χ3v) is 4.40. The number of aliphatic carboxylic acids is 1. The molecule has 2 unspecified atom stereocenters. The second-order valence-corrected chi connectivity index (χ2v) is 5.57. The first-order valence-electron chi connectivity index (χ1n) is 6.01. The van der Waals surface area contributed by atoms with E-state index in [1.165, 1.54) is 0 Å². The summed E-state index contributed by atoms with van der Waals surface area (Å²) in [6.45, 7) is 2.00. The van der Waals surface area contributed by atoms with Crippen molar-refractivity contribution in [1.29, 1.82) is 0 Å². The van der Waals surface area contributed by atoms with Crippen molar-refractivity contribution < 1.29 is 19.4 Å². The van der Waals surface area contributed by atoms with Gasteiger partial charge in [0.2, 0.25) is 0 Å². The number of unbranched alkanes of at least 4 members (excludes halogenated alkanes) is 2.